The molecule has 0 aliphatic carbocycles. The number of aliphatic hydroxyl groups excluding tert-OH is 1. The van der Waals surface area contributed by atoms with Crippen molar-refractivity contribution >= 4 is 0 Å². The maximum Gasteiger partial charge on any atom is 0.0434 e. The van der Waals surface area contributed by atoms with E-state index < -0.39 is 0 Å². The van der Waals surface area contributed by atoms with Gasteiger partial charge in [-0.25, -0.2) is 0 Å². The van der Waals surface area contributed by atoms with Crippen molar-refractivity contribution in [3.8, 4) is 0 Å². The number of nitrogens with one attached hydrogen (secondary N) is 1. The summed E-state index contributed by atoms with van der Waals surface area (Å²) in [4.78, 5) is 0. The molecule has 1 aliphatic rings. The molecular weight excluding hydrogens is 162 g/mol. The Labute approximate surface area is 78.6 Å². The standard InChI is InChI=1S/C11H15NO/c13-5-1-2-9-3-4-10-7-12-8-11(10)6-9/h3-4,6,12-13H,1-2,5,7-8H2. The van der Waals surface area contributed by atoms with E-state index in [1.165, 1.54) is 16.7 Å². The van der Waals surface area contributed by atoms with Crippen molar-refractivity contribution in [3.05, 3.63) is 34.9 Å². The fourth-order valence-corrected chi connectivity index (χ4v) is 1.79. The quantitative estimate of drug-likeness (QED) is 0.727. The van der Waals surface area contributed by atoms with Gasteiger partial charge in [0.15, 0.2) is 0 Å². The van der Waals surface area contributed by atoms with Crippen LogP contribution in [0.4, 0.5) is 0 Å². The molecule has 1 aromatic rings. The van der Waals surface area contributed by atoms with Gasteiger partial charge in [0.05, 0.1) is 0 Å². The molecule has 1 aromatic carbocycles. The summed E-state index contributed by atoms with van der Waals surface area (Å²) in [6.07, 6.45) is 1.86. The second-order valence-corrected chi connectivity index (χ2v) is 3.53. The molecular formula is C11H15NO. The summed E-state index contributed by atoms with van der Waals surface area (Å²) < 4.78 is 0. The van der Waals surface area contributed by atoms with Crippen LogP contribution >= 0.6 is 0 Å². The van der Waals surface area contributed by atoms with E-state index in [0.717, 1.165) is 25.9 Å². The highest BCUT2D eigenvalue weighted by molar-refractivity contribution is 5.34. The first-order valence-corrected chi connectivity index (χ1v) is 4.82. The molecule has 13 heavy (non-hydrogen) atoms. The van der Waals surface area contributed by atoms with Crippen molar-refractivity contribution in [2.75, 3.05) is 6.61 Å². The molecule has 2 heteroatoms. The first-order valence-electron chi connectivity index (χ1n) is 4.82. The molecule has 0 atom stereocenters. The lowest BCUT2D eigenvalue weighted by atomic mass is 10.0. The fourth-order valence-electron chi connectivity index (χ4n) is 1.79. The molecule has 0 aromatic heterocycles. The van der Waals surface area contributed by atoms with Gasteiger partial charge in [-0.2, -0.15) is 0 Å². The van der Waals surface area contributed by atoms with E-state index in [4.69, 9.17) is 5.11 Å². The molecule has 0 spiro atoms. The molecule has 0 fully saturated rings. The van der Waals surface area contributed by atoms with Crippen molar-refractivity contribution in [1.29, 1.82) is 0 Å². The predicted octanol–water partition coefficient (Wildman–Crippen LogP) is 1.21. The third kappa shape index (κ3) is 1.90. The average Bonchev–Trinajstić information content (AvgIpc) is 2.61. The molecule has 0 unspecified atom stereocenters. The number of benzene rings is 1. The summed E-state index contributed by atoms with van der Waals surface area (Å²) in [5, 5.41) is 12.0. The van der Waals surface area contributed by atoms with Gasteiger partial charge in [-0.05, 0) is 29.5 Å². The number of hydrogen-bond acceptors (Lipinski definition) is 2. The Hall–Kier alpha value is -0.860. The third-order valence-electron chi connectivity index (χ3n) is 2.53. The van der Waals surface area contributed by atoms with E-state index in [2.05, 4.69) is 23.5 Å². The van der Waals surface area contributed by atoms with Crippen molar-refractivity contribution in [2.45, 2.75) is 25.9 Å². The Bertz CT molecular complexity index is 296. The number of aryl methyl sites for hydroxylation is 1. The summed E-state index contributed by atoms with van der Waals surface area (Å²) >= 11 is 0. The van der Waals surface area contributed by atoms with Crippen LogP contribution in [-0.2, 0) is 19.5 Å². The molecule has 2 N–H and O–H groups in total. The van der Waals surface area contributed by atoms with Gasteiger partial charge in [-0.1, -0.05) is 18.2 Å². The lowest BCUT2D eigenvalue weighted by Crippen LogP contribution is -1.99. The number of rotatable bonds is 3. The zero-order valence-corrected chi connectivity index (χ0v) is 7.71. The van der Waals surface area contributed by atoms with Gasteiger partial charge in [-0.15, -0.1) is 0 Å². The van der Waals surface area contributed by atoms with Crippen LogP contribution < -0.4 is 5.32 Å². The minimum absolute atomic E-state index is 0.287. The molecule has 1 heterocycles. The zero-order valence-electron chi connectivity index (χ0n) is 7.71. The van der Waals surface area contributed by atoms with Crippen LogP contribution in [0.15, 0.2) is 18.2 Å². The van der Waals surface area contributed by atoms with Crippen LogP contribution in [-0.4, -0.2) is 11.7 Å². The van der Waals surface area contributed by atoms with Crippen LogP contribution in [0.1, 0.15) is 23.1 Å². The van der Waals surface area contributed by atoms with E-state index in [1.54, 1.807) is 0 Å². The molecule has 0 saturated carbocycles. The van der Waals surface area contributed by atoms with Gasteiger partial charge >= 0.3 is 0 Å². The van der Waals surface area contributed by atoms with Crippen LogP contribution in [0, 0.1) is 0 Å². The first kappa shape index (κ1) is 8.73. The minimum atomic E-state index is 0.287. The van der Waals surface area contributed by atoms with Gasteiger partial charge in [0.25, 0.3) is 0 Å². The van der Waals surface area contributed by atoms with E-state index in [-0.39, 0.29) is 6.61 Å². The molecule has 70 valence electrons. The monoisotopic (exact) mass is 177 g/mol. The second kappa shape index (κ2) is 3.90. The maximum atomic E-state index is 8.71. The Morgan fingerprint density at radius 1 is 1.23 bits per heavy atom. The molecule has 1 aliphatic heterocycles. The highest BCUT2D eigenvalue weighted by Gasteiger charge is 2.09. The summed E-state index contributed by atoms with van der Waals surface area (Å²) in [5.74, 6) is 0. The maximum absolute atomic E-state index is 8.71. The Morgan fingerprint density at radius 2 is 2.08 bits per heavy atom. The van der Waals surface area contributed by atoms with Crippen LogP contribution in [0.2, 0.25) is 0 Å². The second-order valence-electron chi connectivity index (χ2n) is 3.53. The van der Waals surface area contributed by atoms with Gasteiger partial charge in [-0.3, -0.25) is 0 Å². The Morgan fingerprint density at radius 3 is 2.92 bits per heavy atom. The van der Waals surface area contributed by atoms with E-state index in [1.807, 2.05) is 0 Å². The van der Waals surface area contributed by atoms with E-state index in [0.29, 0.717) is 0 Å². The minimum Gasteiger partial charge on any atom is -0.396 e. The van der Waals surface area contributed by atoms with E-state index >= 15 is 0 Å². The Kier molecular flexibility index (Phi) is 2.62. The van der Waals surface area contributed by atoms with Gasteiger partial charge in [0, 0.05) is 19.7 Å². The SMILES string of the molecule is OCCCc1ccc2c(c1)CNC2. The van der Waals surface area contributed by atoms with Gasteiger partial charge < -0.3 is 10.4 Å². The highest BCUT2D eigenvalue weighted by Crippen LogP contribution is 2.17. The van der Waals surface area contributed by atoms with Gasteiger partial charge in [0.1, 0.15) is 0 Å². The molecule has 0 bridgehead atoms. The Balaban J connectivity index is 2.12. The normalized spacial score (nSPS) is 14.5. The van der Waals surface area contributed by atoms with Crippen molar-refractivity contribution in [2.24, 2.45) is 0 Å². The van der Waals surface area contributed by atoms with Crippen molar-refractivity contribution in [3.63, 3.8) is 0 Å². The number of aliphatic hydroxyl groups is 1. The topological polar surface area (TPSA) is 32.3 Å². The largest absolute Gasteiger partial charge is 0.396 e. The predicted molar refractivity (Wildman–Crippen MR) is 52.4 cm³/mol. The first-order chi connectivity index (χ1) is 6.40. The third-order valence-corrected chi connectivity index (χ3v) is 2.53. The lowest BCUT2D eigenvalue weighted by molar-refractivity contribution is 0.288. The molecule has 0 saturated heterocycles. The number of fused-ring (bicyclic) bond motifs is 1. The summed E-state index contributed by atoms with van der Waals surface area (Å²) in [5.41, 5.74) is 4.19. The van der Waals surface area contributed by atoms with Crippen LogP contribution in [0.5, 0.6) is 0 Å². The number of hydrogen-bond donors (Lipinski definition) is 2. The van der Waals surface area contributed by atoms with Crippen LogP contribution in [0.3, 0.4) is 0 Å². The smallest absolute Gasteiger partial charge is 0.0434 e. The van der Waals surface area contributed by atoms with Gasteiger partial charge in [0.2, 0.25) is 0 Å². The van der Waals surface area contributed by atoms with E-state index in [9.17, 15) is 0 Å². The molecule has 2 nitrogen and oxygen atoms in total. The zero-order chi connectivity index (χ0) is 9.10. The summed E-state index contributed by atoms with van der Waals surface area (Å²) in [7, 11) is 0. The van der Waals surface area contributed by atoms with Crippen molar-refractivity contribution < 1.29 is 5.11 Å². The van der Waals surface area contributed by atoms with Crippen LogP contribution in [0.25, 0.3) is 0 Å². The average molecular weight is 177 g/mol. The molecule has 2 rings (SSSR count). The lowest BCUT2D eigenvalue weighted by Gasteiger charge is -2.02. The molecule has 0 radical (unpaired) electrons. The fraction of sp³-hybridized carbons (Fsp3) is 0.455. The summed E-state index contributed by atoms with van der Waals surface area (Å²) in [6, 6.07) is 6.62. The summed E-state index contributed by atoms with van der Waals surface area (Å²) in [6.45, 7) is 2.30. The highest BCUT2D eigenvalue weighted by atomic mass is 16.2. The van der Waals surface area contributed by atoms with Crippen molar-refractivity contribution in [1.82, 2.24) is 5.32 Å². The molecule has 0 amide bonds.